The van der Waals surface area contributed by atoms with E-state index in [0.29, 0.717) is 0 Å². The van der Waals surface area contributed by atoms with Crippen LogP contribution >= 0.6 is 0 Å². The van der Waals surface area contributed by atoms with Crippen molar-refractivity contribution in [3.8, 4) is 0 Å². The van der Waals surface area contributed by atoms with Crippen LogP contribution in [0.3, 0.4) is 0 Å². The van der Waals surface area contributed by atoms with Crippen LogP contribution in [0.25, 0.3) is 0 Å². The van der Waals surface area contributed by atoms with Crippen molar-refractivity contribution >= 4 is 11.9 Å². The standard InChI is InChI=1S/C7H12F2N2O3/c1-10-5(12)2-3-11-4-7(8,9)6(13)14/h11H,2-4H2,1H3,(H,10,12)(H,13,14). The monoisotopic (exact) mass is 210 g/mol. The van der Waals surface area contributed by atoms with E-state index in [0.717, 1.165) is 0 Å². The van der Waals surface area contributed by atoms with Crippen LogP contribution in [-0.2, 0) is 9.59 Å². The number of nitrogens with one attached hydrogen (secondary N) is 2. The number of hydrogen-bond donors (Lipinski definition) is 3. The molecule has 0 heterocycles. The molecule has 0 atom stereocenters. The topological polar surface area (TPSA) is 78.4 Å². The fraction of sp³-hybridized carbons (Fsp3) is 0.714. The Balaban J connectivity index is 3.64. The molecule has 0 aromatic carbocycles. The molecule has 0 fully saturated rings. The van der Waals surface area contributed by atoms with Gasteiger partial charge in [0.05, 0.1) is 6.54 Å². The molecule has 0 saturated carbocycles. The first kappa shape index (κ1) is 12.8. The van der Waals surface area contributed by atoms with Crippen LogP contribution in [0.1, 0.15) is 6.42 Å². The van der Waals surface area contributed by atoms with E-state index in [9.17, 15) is 18.4 Å². The minimum Gasteiger partial charge on any atom is -0.477 e. The highest BCUT2D eigenvalue weighted by Crippen LogP contribution is 2.11. The number of carbonyl (C=O) groups is 2. The SMILES string of the molecule is CNC(=O)CCNCC(F)(F)C(=O)O. The summed E-state index contributed by atoms with van der Waals surface area (Å²) in [5, 5.41) is 12.5. The molecule has 0 bridgehead atoms. The quantitative estimate of drug-likeness (QED) is 0.513. The smallest absolute Gasteiger partial charge is 0.375 e. The van der Waals surface area contributed by atoms with Gasteiger partial charge in [-0.25, -0.2) is 4.79 Å². The Labute approximate surface area is 79.5 Å². The first-order valence-corrected chi connectivity index (χ1v) is 3.92. The summed E-state index contributed by atoms with van der Waals surface area (Å²) < 4.78 is 24.8. The molecular weight excluding hydrogens is 198 g/mol. The molecule has 0 saturated heterocycles. The largest absolute Gasteiger partial charge is 0.477 e. The summed E-state index contributed by atoms with van der Waals surface area (Å²) in [6, 6.07) is 0. The number of amides is 1. The summed E-state index contributed by atoms with van der Waals surface area (Å²) in [6.07, 6.45) is 0.0339. The third-order valence-corrected chi connectivity index (χ3v) is 1.47. The second-order valence-electron chi connectivity index (χ2n) is 2.61. The molecule has 14 heavy (non-hydrogen) atoms. The molecule has 3 N–H and O–H groups in total. The Kier molecular flexibility index (Phi) is 5.00. The Hall–Kier alpha value is -1.24. The van der Waals surface area contributed by atoms with Gasteiger partial charge in [-0.15, -0.1) is 0 Å². The van der Waals surface area contributed by atoms with Gasteiger partial charge in [0.25, 0.3) is 0 Å². The summed E-state index contributed by atoms with van der Waals surface area (Å²) in [4.78, 5) is 20.6. The molecule has 0 aromatic rings. The van der Waals surface area contributed by atoms with Gasteiger partial charge in [-0.2, -0.15) is 8.78 Å². The number of alkyl halides is 2. The molecule has 1 amide bonds. The van der Waals surface area contributed by atoms with Crippen molar-refractivity contribution in [2.75, 3.05) is 20.1 Å². The number of hydrogen-bond acceptors (Lipinski definition) is 3. The molecule has 5 nitrogen and oxygen atoms in total. The van der Waals surface area contributed by atoms with E-state index in [-0.39, 0.29) is 18.9 Å². The molecule has 0 spiro atoms. The molecular formula is C7H12F2N2O3. The van der Waals surface area contributed by atoms with Gasteiger partial charge >= 0.3 is 11.9 Å². The molecule has 0 aliphatic heterocycles. The number of carbonyl (C=O) groups excluding carboxylic acids is 1. The van der Waals surface area contributed by atoms with Crippen LogP contribution in [0.15, 0.2) is 0 Å². The average Bonchev–Trinajstić information content (AvgIpc) is 2.11. The summed E-state index contributed by atoms with van der Waals surface area (Å²) in [5.41, 5.74) is 0. The summed E-state index contributed by atoms with van der Waals surface area (Å²) in [7, 11) is 1.42. The molecule has 0 rings (SSSR count). The Bertz CT molecular complexity index is 221. The van der Waals surface area contributed by atoms with Crippen molar-refractivity contribution < 1.29 is 23.5 Å². The number of rotatable bonds is 6. The minimum absolute atomic E-state index is 0.0164. The predicted molar refractivity (Wildman–Crippen MR) is 44.1 cm³/mol. The van der Waals surface area contributed by atoms with Crippen molar-refractivity contribution in [2.45, 2.75) is 12.3 Å². The maximum atomic E-state index is 12.4. The Morgan fingerprint density at radius 1 is 1.43 bits per heavy atom. The Morgan fingerprint density at radius 2 is 2.00 bits per heavy atom. The van der Waals surface area contributed by atoms with Crippen LogP contribution in [-0.4, -0.2) is 43.0 Å². The van der Waals surface area contributed by atoms with E-state index in [1.165, 1.54) is 7.05 Å². The zero-order chi connectivity index (χ0) is 11.2. The van der Waals surface area contributed by atoms with Gasteiger partial charge in [-0.1, -0.05) is 0 Å². The van der Waals surface area contributed by atoms with E-state index >= 15 is 0 Å². The third-order valence-electron chi connectivity index (χ3n) is 1.47. The molecule has 0 radical (unpaired) electrons. The first-order chi connectivity index (χ1) is 6.40. The highest BCUT2D eigenvalue weighted by Gasteiger charge is 2.37. The van der Waals surface area contributed by atoms with Crippen LogP contribution in [0, 0.1) is 0 Å². The van der Waals surface area contributed by atoms with Crippen molar-refractivity contribution in [1.82, 2.24) is 10.6 Å². The normalized spacial score (nSPS) is 11.1. The summed E-state index contributed by atoms with van der Waals surface area (Å²) in [6.45, 7) is -0.956. The van der Waals surface area contributed by atoms with Gasteiger partial charge in [-0.3, -0.25) is 4.79 Å². The maximum absolute atomic E-state index is 12.4. The summed E-state index contributed by atoms with van der Waals surface area (Å²) in [5.74, 6) is -6.26. The van der Waals surface area contributed by atoms with Crippen molar-refractivity contribution in [2.24, 2.45) is 0 Å². The van der Waals surface area contributed by atoms with E-state index in [1.54, 1.807) is 0 Å². The number of carboxylic acids is 1. The lowest BCUT2D eigenvalue weighted by Gasteiger charge is -2.11. The zero-order valence-electron chi connectivity index (χ0n) is 7.64. The molecule has 7 heteroatoms. The van der Waals surface area contributed by atoms with Gasteiger partial charge in [0.1, 0.15) is 0 Å². The van der Waals surface area contributed by atoms with Crippen LogP contribution in [0.4, 0.5) is 8.78 Å². The zero-order valence-corrected chi connectivity index (χ0v) is 7.64. The highest BCUT2D eigenvalue weighted by atomic mass is 19.3. The van der Waals surface area contributed by atoms with Crippen LogP contribution in [0.2, 0.25) is 0 Å². The van der Waals surface area contributed by atoms with E-state index < -0.39 is 18.4 Å². The average molecular weight is 210 g/mol. The first-order valence-electron chi connectivity index (χ1n) is 3.92. The van der Waals surface area contributed by atoms with Gasteiger partial charge < -0.3 is 15.7 Å². The number of aliphatic carboxylic acids is 1. The van der Waals surface area contributed by atoms with Gasteiger partial charge in [0.2, 0.25) is 5.91 Å². The molecule has 0 unspecified atom stereocenters. The number of halogens is 2. The van der Waals surface area contributed by atoms with Gasteiger partial charge in [-0.05, 0) is 0 Å². The maximum Gasteiger partial charge on any atom is 0.375 e. The molecule has 0 aliphatic carbocycles. The van der Waals surface area contributed by atoms with E-state index in [4.69, 9.17) is 5.11 Å². The minimum atomic E-state index is -3.79. The lowest BCUT2D eigenvalue weighted by Crippen LogP contribution is -2.40. The van der Waals surface area contributed by atoms with Gasteiger partial charge in [0.15, 0.2) is 0 Å². The molecule has 82 valence electrons. The molecule has 0 aromatic heterocycles. The Morgan fingerprint density at radius 3 is 2.43 bits per heavy atom. The molecule has 0 aliphatic rings. The highest BCUT2D eigenvalue weighted by molar-refractivity contribution is 5.76. The second kappa shape index (κ2) is 5.48. The fourth-order valence-corrected chi connectivity index (χ4v) is 0.648. The van der Waals surface area contributed by atoms with Crippen LogP contribution < -0.4 is 10.6 Å². The van der Waals surface area contributed by atoms with Gasteiger partial charge in [0, 0.05) is 20.0 Å². The lowest BCUT2D eigenvalue weighted by atomic mass is 10.3. The predicted octanol–water partition coefficient (Wildman–Crippen LogP) is -0.568. The van der Waals surface area contributed by atoms with Crippen molar-refractivity contribution in [3.05, 3.63) is 0 Å². The fourth-order valence-electron chi connectivity index (χ4n) is 0.648. The van der Waals surface area contributed by atoms with Crippen LogP contribution in [0.5, 0.6) is 0 Å². The van der Waals surface area contributed by atoms with E-state index in [1.807, 2.05) is 0 Å². The second-order valence-corrected chi connectivity index (χ2v) is 2.61. The van der Waals surface area contributed by atoms with Crippen molar-refractivity contribution in [1.29, 1.82) is 0 Å². The van der Waals surface area contributed by atoms with E-state index in [2.05, 4.69) is 10.6 Å². The lowest BCUT2D eigenvalue weighted by molar-refractivity contribution is -0.163. The number of carboxylic acid groups (broad SMARTS) is 1. The summed E-state index contributed by atoms with van der Waals surface area (Å²) >= 11 is 0. The third kappa shape index (κ3) is 4.70. The van der Waals surface area contributed by atoms with Crippen molar-refractivity contribution in [3.63, 3.8) is 0 Å².